The van der Waals surface area contributed by atoms with E-state index in [1.165, 1.54) is 6.26 Å². The Morgan fingerprint density at radius 1 is 1.43 bits per heavy atom. The maximum atomic E-state index is 8.34. The predicted molar refractivity (Wildman–Crippen MR) is 54.5 cm³/mol. The summed E-state index contributed by atoms with van der Waals surface area (Å²) in [6.45, 7) is 6.83. The molecule has 14 heavy (non-hydrogen) atoms. The summed E-state index contributed by atoms with van der Waals surface area (Å²) in [6, 6.07) is 0. The minimum atomic E-state index is -0.209. The molecule has 0 heterocycles. The molecule has 0 fully saturated rings. The Morgan fingerprint density at radius 2 is 2.07 bits per heavy atom. The molecule has 0 bridgehead atoms. The highest BCUT2D eigenvalue weighted by atomic mass is 16.5. The number of nitrogens with zero attached hydrogens (tertiary/aromatic N) is 3. The summed E-state index contributed by atoms with van der Waals surface area (Å²) in [5, 5.41) is 3.57. The Hall–Kier alpha value is -1.19. The van der Waals surface area contributed by atoms with Crippen LogP contribution >= 0.6 is 0 Å². The molecular formula is C9H17N3O2. The van der Waals surface area contributed by atoms with Gasteiger partial charge in [-0.2, -0.15) is 0 Å². The van der Waals surface area contributed by atoms with Crippen molar-refractivity contribution in [2.45, 2.75) is 20.8 Å². The van der Waals surface area contributed by atoms with Gasteiger partial charge in [-0.3, -0.25) is 0 Å². The predicted octanol–water partition coefficient (Wildman–Crippen LogP) is 2.85. The van der Waals surface area contributed by atoms with E-state index in [1.807, 2.05) is 20.8 Å². The van der Waals surface area contributed by atoms with E-state index < -0.39 is 0 Å². The first-order valence-electron chi connectivity index (χ1n) is 4.38. The van der Waals surface area contributed by atoms with Crippen molar-refractivity contribution < 1.29 is 9.47 Å². The minimum absolute atomic E-state index is 0.209. The molecule has 0 unspecified atom stereocenters. The van der Waals surface area contributed by atoms with E-state index in [1.54, 1.807) is 7.11 Å². The van der Waals surface area contributed by atoms with Crippen molar-refractivity contribution >= 4 is 0 Å². The molecule has 0 N–H and O–H groups in total. The van der Waals surface area contributed by atoms with E-state index >= 15 is 0 Å². The van der Waals surface area contributed by atoms with Crippen molar-refractivity contribution in [2.75, 3.05) is 20.3 Å². The molecule has 5 nitrogen and oxygen atoms in total. The summed E-state index contributed by atoms with van der Waals surface area (Å²) in [4.78, 5) is 2.75. The fourth-order valence-electron chi connectivity index (χ4n) is 0.668. The maximum Gasteiger partial charge on any atom is 0.111 e. The molecule has 0 radical (unpaired) electrons. The third-order valence-electron chi connectivity index (χ3n) is 1.52. The molecule has 0 aliphatic carbocycles. The summed E-state index contributed by atoms with van der Waals surface area (Å²) in [5.74, 6) is 0. The van der Waals surface area contributed by atoms with Crippen LogP contribution in [0.3, 0.4) is 0 Å². The number of rotatable bonds is 5. The molecule has 0 saturated heterocycles. The average molecular weight is 199 g/mol. The average Bonchev–Trinajstić information content (AvgIpc) is 2.08. The van der Waals surface area contributed by atoms with Gasteiger partial charge in [-0.25, -0.2) is 0 Å². The van der Waals surface area contributed by atoms with E-state index in [2.05, 4.69) is 10.0 Å². The molecule has 0 aliphatic rings. The van der Waals surface area contributed by atoms with Crippen molar-refractivity contribution in [3.05, 3.63) is 22.4 Å². The first-order chi connectivity index (χ1) is 6.52. The lowest BCUT2D eigenvalue weighted by atomic mass is 9.93. The highest BCUT2D eigenvalue weighted by molar-refractivity contribution is 5.06. The van der Waals surface area contributed by atoms with E-state index in [4.69, 9.17) is 15.0 Å². The van der Waals surface area contributed by atoms with Gasteiger partial charge >= 0.3 is 0 Å². The Bertz CT molecular complexity index is 237. The van der Waals surface area contributed by atoms with E-state index in [0.717, 1.165) is 0 Å². The molecular weight excluding hydrogens is 182 g/mol. The van der Waals surface area contributed by atoms with Crippen LogP contribution in [0.5, 0.6) is 0 Å². The first-order valence-corrected chi connectivity index (χ1v) is 4.38. The number of hydrogen-bond acceptors (Lipinski definition) is 3. The maximum absolute atomic E-state index is 8.34. The number of azide groups is 1. The molecule has 0 saturated carbocycles. The van der Waals surface area contributed by atoms with Gasteiger partial charge in [-0.15, -0.1) is 0 Å². The molecule has 0 aromatic carbocycles. The summed E-state index contributed by atoms with van der Waals surface area (Å²) in [7, 11) is 1.60. The van der Waals surface area contributed by atoms with Gasteiger partial charge in [0.1, 0.15) is 6.61 Å². The smallest absolute Gasteiger partial charge is 0.111 e. The zero-order chi connectivity index (χ0) is 11.0. The monoisotopic (exact) mass is 199 g/mol. The number of hydrogen-bond donors (Lipinski definition) is 0. The Labute approximate surface area is 84.3 Å². The third-order valence-corrected chi connectivity index (χ3v) is 1.52. The van der Waals surface area contributed by atoms with Crippen LogP contribution in [0.4, 0.5) is 0 Å². The van der Waals surface area contributed by atoms with Crippen LogP contribution in [0.2, 0.25) is 0 Å². The van der Waals surface area contributed by atoms with E-state index in [0.29, 0.717) is 18.9 Å². The largest absolute Gasteiger partial charge is 0.499 e. The second kappa shape index (κ2) is 6.29. The molecule has 80 valence electrons. The molecule has 0 aliphatic heterocycles. The normalized spacial score (nSPS) is 12.1. The minimum Gasteiger partial charge on any atom is -0.499 e. The molecule has 0 rings (SSSR count). The fourth-order valence-corrected chi connectivity index (χ4v) is 0.668. The van der Waals surface area contributed by atoms with Gasteiger partial charge in [0.15, 0.2) is 0 Å². The molecule has 0 aromatic rings. The number of ether oxygens (including phenoxy) is 2. The molecule has 0 atom stereocenters. The lowest BCUT2D eigenvalue weighted by Gasteiger charge is -2.18. The fraction of sp³-hybridized carbons (Fsp3) is 0.778. The van der Waals surface area contributed by atoms with Crippen molar-refractivity contribution in [3.63, 3.8) is 0 Å². The van der Waals surface area contributed by atoms with Gasteiger partial charge in [0.25, 0.3) is 0 Å². The second-order valence-electron chi connectivity index (χ2n) is 3.81. The highest BCUT2D eigenvalue weighted by Gasteiger charge is 2.15. The summed E-state index contributed by atoms with van der Waals surface area (Å²) < 4.78 is 9.97. The Kier molecular flexibility index (Phi) is 5.76. The molecule has 0 spiro atoms. The third kappa shape index (κ3) is 5.45. The van der Waals surface area contributed by atoms with Gasteiger partial charge in [-0.1, -0.05) is 25.9 Å². The van der Waals surface area contributed by atoms with E-state index in [9.17, 15) is 0 Å². The molecule has 0 aromatic heterocycles. The highest BCUT2D eigenvalue weighted by Crippen LogP contribution is 2.26. The molecule has 0 amide bonds. The van der Waals surface area contributed by atoms with Crippen LogP contribution in [-0.4, -0.2) is 20.3 Å². The summed E-state index contributed by atoms with van der Waals surface area (Å²) in [5.41, 5.74) is 8.71. The summed E-state index contributed by atoms with van der Waals surface area (Å²) >= 11 is 0. The van der Waals surface area contributed by atoms with Crippen LogP contribution in [0.1, 0.15) is 20.8 Å². The summed E-state index contributed by atoms with van der Waals surface area (Å²) in [6.07, 6.45) is 1.48. The van der Waals surface area contributed by atoms with Gasteiger partial charge in [0.05, 0.1) is 18.6 Å². The van der Waals surface area contributed by atoms with Gasteiger partial charge in [-0.05, 0) is 10.9 Å². The van der Waals surface area contributed by atoms with Crippen molar-refractivity contribution in [1.82, 2.24) is 0 Å². The SMILES string of the molecule is COCCO/C=C(/N=[N+]=[N-])C(C)(C)C. The lowest BCUT2D eigenvalue weighted by molar-refractivity contribution is 0.121. The van der Waals surface area contributed by atoms with Crippen LogP contribution in [0.25, 0.3) is 10.4 Å². The zero-order valence-electron chi connectivity index (χ0n) is 9.15. The first kappa shape index (κ1) is 12.8. The van der Waals surface area contributed by atoms with Crippen LogP contribution in [0, 0.1) is 5.41 Å². The van der Waals surface area contributed by atoms with Crippen LogP contribution < -0.4 is 0 Å². The number of methoxy groups -OCH3 is 1. The van der Waals surface area contributed by atoms with Crippen molar-refractivity contribution in [2.24, 2.45) is 10.5 Å². The number of allylic oxidation sites excluding steroid dienone is 1. The van der Waals surface area contributed by atoms with Gasteiger partial charge in [0, 0.05) is 12.0 Å². The van der Waals surface area contributed by atoms with Gasteiger partial charge < -0.3 is 9.47 Å². The van der Waals surface area contributed by atoms with Gasteiger partial charge in [0.2, 0.25) is 0 Å². The Balaban J connectivity index is 4.28. The van der Waals surface area contributed by atoms with Crippen molar-refractivity contribution in [3.8, 4) is 0 Å². The molecule has 5 heteroatoms. The van der Waals surface area contributed by atoms with Crippen LogP contribution in [-0.2, 0) is 9.47 Å². The topological polar surface area (TPSA) is 67.2 Å². The standard InChI is InChI=1S/C9H17N3O2/c1-9(2,3)8(11-12-10)7-14-6-5-13-4/h7H,5-6H2,1-4H3/b8-7+. The van der Waals surface area contributed by atoms with E-state index in [-0.39, 0.29) is 5.41 Å². The Morgan fingerprint density at radius 3 is 2.50 bits per heavy atom. The second-order valence-corrected chi connectivity index (χ2v) is 3.81. The van der Waals surface area contributed by atoms with Crippen LogP contribution in [0.15, 0.2) is 17.1 Å². The van der Waals surface area contributed by atoms with Crippen molar-refractivity contribution in [1.29, 1.82) is 0 Å². The zero-order valence-corrected chi connectivity index (χ0v) is 9.15. The quantitative estimate of drug-likeness (QED) is 0.224. The lowest BCUT2D eigenvalue weighted by Crippen LogP contribution is -2.08.